The predicted octanol–water partition coefficient (Wildman–Crippen LogP) is 2.61. The van der Waals surface area contributed by atoms with E-state index < -0.39 is 23.8 Å². The summed E-state index contributed by atoms with van der Waals surface area (Å²) in [5.74, 6) is 3.46. The zero-order valence-corrected chi connectivity index (χ0v) is 21.3. The molecule has 206 valence electrons. The minimum Gasteiger partial charge on any atom is -0.491 e. The van der Waals surface area contributed by atoms with E-state index in [1.54, 1.807) is 36.6 Å². The first kappa shape index (κ1) is 28.5. The topological polar surface area (TPSA) is 119 Å². The van der Waals surface area contributed by atoms with Gasteiger partial charge in [0, 0.05) is 32.7 Å². The number of nitrogens with zero attached hydrogens (tertiary/aromatic N) is 3. The number of hydrogen-bond acceptors (Lipinski definition) is 6. The number of benzene rings is 1. The second kappa shape index (κ2) is 12.0. The van der Waals surface area contributed by atoms with Crippen molar-refractivity contribution in [3.05, 3.63) is 29.3 Å². The molecule has 1 aromatic rings. The molecule has 1 atom stereocenters. The van der Waals surface area contributed by atoms with E-state index in [4.69, 9.17) is 15.4 Å². The summed E-state index contributed by atoms with van der Waals surface area (Å²) in [5.41, 5.74) is 1.27. The van der Waals surface area contributed by atoms with Crippen molar-refractivity contribution in [3.63, 3.8) is 0 Å². The summed E-state index contributed by atoms with van der Waals surface area (Å²) >= 11 is 0. The lowest BCUT2D eigenvalue weighted by atomic mass is 9.99. The summed E-state index contributed by atoms with van der Waals surface area (Å²) in [6.07, 6.45) is -4.47. The molecule has 2 amide bonds. The Labute approximate surface area is 213 Å². The fourth-order valence-corrected chi connectivity index (χ4v) is 4.22. The van der Waals surface area contributed by atoms with Gasteiger partial charge < -0.3 is 29.4 Å². The number of carbonyl (C=O) groups is 2. The molecule has 0 bridgehead atoms. The van der Waals surface area contributed by atoms with Gasteiger partial charge in [-0.1, -0.05) is 6.07 Å². The molecule has 0 aliphatic carbocycles. The second-order valence-electron chi connectivity index (χ2n) is 10.0. The van der Waals surface area contributed by atoms with Gasteiger partial charge in [0.1, 0.15) is 24.6 Å². The van der Waals surface area contributed by atoms with Gasteiger partial charge in [-0.25, -0.2) is 10.7 Å². The Morgan fingerprint density at radius 2 is 1.89 bits per heavy atom. The van der Waals surface area contributed by atoms with Crippen molar-refractivity contribution >= 4 is 18.0 Å². The van der Waals surface area contributed by atoms with Gasteiger partial charge in [-0.2, -0.15) is 18.2 Å². The van der Waals surface area contributed by atoms with Crippen molar-refractivity contribution in [3.8, 4) is 5.75 Å². The fraction of sp³-hybridized carbons (Fsp3) is 0.625. The molecule has 2 aliphatic rings. The first-order valence-electron chi connectivity index (χ1n) is 12.1. The molecule has 10 nitrogen and oxygen atoms in total. The number of hydrogen-bond donors (Lipinski definition) is 2. The monoisotopic (exact) mass is 529 g/mol. The molecule has 3 rings (SSSR count). The van der Waals surface area contributed by atoms with Gasteiger partial charge in [-0.15, -0.1) is 0 Å². The second-order valence-corrected chi connectivity index (χ2v) is 10.0. The van der Waals surface area contributed by atoms with Gasteiger partial charge in [0.05, 0.1) is 0 Å². The Morgan fingerprint density at radius 1 is 1.14 bits per heavy atom. The van der Waals surface area contributed by atoms with Gasteiger partial charge in [0.2, 0.25) is 5.96 Å². The average Bonchev–Trinajstić information content (AvgIpc) is 3.28. The zero-order chi connectivity index (χ0) is 27.2. The molecule has 0 spiro atoms. The highest BCUT2D eigenvalue weighted by molar-refractivity contribution is 5.96. The summed E-state index contributed by atoms with van der Waals surface area (Å²) in [6.45, 7) is 7.52. The van der Waals surface area contributed by atoms with Gasteiger partial charge in [0.25, 0.3) is 0 Å². The number of likely N-dealkylation sites (tertiary alicyclic amines) is 1. The largest absolute Gasteiger partial charge is 0.491 e. The van der Waals surface area contributed by atoms with Gasteiger partial charge in [-0.3, -0.25) is 4.79 Å². The fourth-order valence-electron chi connectivity index (χ4n) is 4.22. The number of nitrogens with two attached hydrogens (primary N) is 1. The van der Waals surface area contributed by atoms with Crippen molar-refractivity contribution in [1.82, 2.24) is 15.1 Å². The highest BCUT2D eigenvalue weighted by Crippen LogP contribution is 2.27. The summed E-state index contributed by atoms with van der Waals surface area (Å²) in [7, 11) is 0. The van der Waals surface area contributed by atoms with E-state index in [9.17, 15) is 22.8 Å². The molecule has 0 saturated carbocycles. The van der Waals surface area contributed by atoms with Crippen LogP contribution in [0.25, 0.3) is 0 Å². The van der Waals surface area contributed by atoms with Crippen LogP contribution < -0.4 is 16.0 Å². The zero-order valence-electron chi connectivity index (χ0n) is 21.3. The third-order valence-electron chi connectivity index (χ3n) is 5.89. The quantitative estimate of drug-likeness (QED) is 0.250. The van der Waals surface area contributed by atoms with Crippen LogP contribution in [0, 0.1) is 5.92 Å². The van der Waals surface area contributed by atoms with E-state index in [0.717, 1.165) is 11.1 Å². The predicted molar refractivity (Wildman–Crippen MR) is 129 cm³/mol. The Kier molecular flexibility index (Phi) is 9.24. The van der Waals surface area contributed by atoms with Crippen molar-refractivity contribution in [2.75, 3.05) is 39.4 Å². The van der Waals surface area contributed by atoms with Crippen LogP contribution in [0.3, 0.4) is 0 Å². The van der Waals surface area contributed by atoms with Crippen molar-refractivity contribution < 1.29 is 37.1 Å². The highest BCUT2D eigenvalue weighted by Gasteiger charge is 2.41. The Hall–Kier alpha value is -3.06. The van der Waals surface area contributed by atoms with E-state index in [-0.39, 0.29) is 25.1 Å². The van der Waals surface area contributed by atoms with Crippen LogP contribution in [0.2, 0.25) is 0 Å². The van der Waals surface area contributed by atoms with Crippen molar-refractivity contribution in [2.24, 2.45) is 16.8 Å². The Balaban J connectivity index is 1.70. The lowest BCUT2D eigenvalue weighted by Gasteiger charge is -2.35. The molecule has 2 heterocycles. The number of nitrogens with one attached hydrogen (secondary N) is 1. The minimum absolute atomic E-state index is 0.00633. The SMILES string of the molecule is CC(C)(C)OC(=O)NCC1CCN(C(=NC(=O)C(F)(F)F)N2CCc3cc(OCCON)ccc3C2)C1. The van der Waals surface area contributed by atoms with E-state index in [2.05, 4.69) is 15.1 Å². The van der Waals surface area contributed by atoms with E-state index in [1.807, 2.05) is 12.1 Å². The number of halogens is 3. The number of guanidine groups is 1. The van der Waals surface area contributed by atoms with Crippen LogP contribution in [0.15, 0.2) is 23.2 Å². The number of carbonyl (C=O) groups excluding carboxylic acids is 2. The number of alkyl carbamates (subject to hydrolysis) is 1. The van der Waals surface area contributed by atoms with Crippen molar-refractivity contribution in [1.29, 1.82) is 0 Å². The molecule has 2 aliphatic heterocycles. The van der Waals surface area contributed by atoms with Gasteiger partial charge in [0.15, 0.2) is 0 Å². The lowest BCUT2D eigenvalue weighted by Crippen LogP contribution is -2.47. The molecule has 37 heavy (non-hydrogen) atoms. The van der Waals surface area contributed by atoms with Crippen LogP contribution >= 0.6 is 0 Å². The average molecular weight is 530 g/mol. The van der Waals surface area contributed by atoms with Crippen LogP contribution in [0.5, 0.6) is 5.75 Å². The van der Waals surface area contributed by atoms with Gasteiger partial charge >= 0.3 is 18.2 Å². The maximum Gasteiger partial charge on any atom is 0.473 e. The summed E-state index contributed by atoms with van der Waals surface area (Å²) < 4.78 is 50.1. The number of aliphatic imine (C=N–C) groups is 1. The third kappa shape index (κ3) is 8.49. The molecular formula is C24H34F3N5O5. The van der Waals surface area contributed by atoms with Crippen LogP contribution in [0.4, 0.5) is 18.0 Å². The third-order valence-corrected chi connectivity index (χ3v) is 5.89. The van der Waals surface area contributed by atoms with Crippen LogP contribution in [-0.2, 0) is 27.3 Å². The number of fused-ring (bicyclic) bond motifs is 1. The first-order valence-corrected chi connectivity index (χ1v) is 12.1. The maximum absolute atomic E-state index is 13.1. The van der Waals surface area contributed by atoms with E-state index in [1.165, 1.54) is 0 Å². The van der Waals surface area contributed by atoms with Crippen molar-refractivity contribution in [2.45, 2.75) is 51.9 Å². The standard InChI is InChI=1S/C24H34F3N5O5/c1-23(2,3)37-22(34)29-13-16-6-8-31(14-16)21(30-20(33)24(25,26)27)32-9-7-17-12-19(35-10-11-36-28)5-4-18(17)15-32/h4-5,12,16H,6-11,13-15,28H2,1-3H3,(H,29,34). The number of ether oxygens (including phenoxy) is 2. The van der Waals surface area contributed by atoms with Crippen LogP contribution in [-0.4, -0.2) is 78.9 Å². The number of amides is 2. The maximum atomic E-state index is 13.1. The van der Waals surface area contributed by atoms with Crippen LogP contribution in [0.1, 0.15) is 38.3 Å². The Morgan fingerprint density at radius 3 is 2.57 bits per heavy atom. The number of rotatable bonds is 6. The summed E-state index contributed by atoms with van der Waals surface area (Å²) in [6, 6.07) is 5.50. The molecular weight excluding hydrogens is 495 g/mol. The van der Waals surface area contributed by atoms with Gasteiger partial charge in [-0.05, 0) is 62.8 Å². The molecule has 13 heteroatoms. The Bertz CT molecular complexity index is 996. The molecule has 1 saturated heterocycles. The minimum atomic E-state index is -5.07. The summed E-state index contributed by atoms with van der Waals surface area (Å²) in [4.78, 5) is 35.2. The highest BCUT2D eigenvalue weighted by atomic mass is 19.4. The normalized spacial score (nSPS) is 18.5. The first-order chi connectivity index (χ1) is 17.4. The lowest BCUT2D eigenvalue weighted by molar-refractivity contribution is -0.169. The molecule has 0 aromatic heterocycles. The molecule has 0 radical (unpaired) electrons. The van der Waals surface area contributed by atoms with E-state index in [0.29, 0.717) is 51.3 Å². The van der Waals surface area contributed by atoms with E-state index >= 15 is 0 Å². The molecule has 1 unspecified atom stereocenters. The molecule has 1 aromatic carbocycles. The molecule has 3 N–H and O–H groups in total. The smallest absolute Gasteiger partial charge is 0.473 e. The molecule has 1 fully saturated rings. The number of alkyl halides is 3. The summed E-state index contributed by atoms with van der Waals surface area (Å²) in [5, 5.41) is 2.71.